The largest absolute Gasteiger partial charge is 0.490 e. The number of nitrogens with one attached hydrogen (secondary N) is 2. The number of carbonyl (C=O) groups excluding carboxylic acids is 3. The zero-order valence-corrected chi connectivity index (χ0v) is 23.5. The molecule has 1 heterocycles. The Morgan fingerprint density at radius 2 is 1.89 bits per heavy atom. The van der Waals surface area contributed by atoms with Crippen LogP contribution in [0, 0.1) is 11.3 Å². The summed E-state index contributed by atoms with van der Waals surface area (Å²) in [6, 6.07) is -0.767. The van der Waals surface area contributed by atoms with Crippen molar-refractivity contribution < 1.29 is 29.0 Å². The first kappa shape index (κ1) is 31.9. The number of allylic oxidation sites excluding steroid dienone is 3. The predicted octanol–water partition coefficient (Wildman–Crippen LogP) is 4.24. The van der Waals surface area contributed by atoms with Crippen LogP contribution in [0.2, 0.25) is 0 Å². The lowest BCUT2D eigenvalue weighted by Crippen LogP contribution is -2.52. The second-order valence-corrected chi connectivity index (χ2v) is 10.7. The lowest BCUT2D eigenvalue weighted by atomic mass is 9.86. The minimum atomic E-state index is -0.767. The number of esters is 1. The molecule has 0 saturated carbocycles. The Hall–Kier alpha value is -3.13. The quantitative estimate of drug-likeness (QED) is 0.155. The van der Waals surface area contributed by atoms with Crippen molar-refractivity contribution in [2.45, 2.75) is 86.0 Å². The summed E-state index contributed by atoms with van der Waals surface area (Å²) in [5.74, 6) is -1.06. The molecule has 1 rings (SSSR count). The van der Waals surface area contributed by atoms with Gasteiger partial charge in [-0.1, -0.05) is 63.1 Å². The van der Waals surface area contributed by atoms with Gasteiger partial charge in [-0.25, -0.2) is 4.79 Å². The molecular formula is C29H44N2O6. The molecule has 0 spiro atoms. The van der Waals surface area contributed by atoms with E-state index in [0.29, 0.717) is 19.3 Å². The van der Waals surface area contributed by atoms with Crippen LogP contribution < -0.4 is 10.6 Å². The highest BCUT2D eigenvalue weighted by Crippen LogP contribution is 2.23. The SMILES string of the molecule is COC1=CC[C@@H]([C@@H](C)/C=C(C)/C=C\C(=O)N[C@H](C(=O)N/C=C\C[C@@H](O)CC=C(C)C)C(C)(C)C)OC1=O. The third kappa shape index (κ3) is 12.1. The van der Waals surface area contributed by atoms with Gasteiger partial charge < -0.3 is 25.2 Å². The van der Waals surface area contributed by atoms with Crippen LogP contribution in [0.3, 0.4) is 0 Å². The lowest BCUT2D eigenvalue weighted by molar-refractivity contribution is -0.151. The van der Waals surface area contributed by atoms with Gasteiger partial charge in [0.25, 0.3) is 0 Å². The van der Waals surface area contributed by atoms with Gasteiger partial charge in [0.15, 0.2) is 5.76 Å². The van der Waals surface area contributed by atoms with E-state index in [4.69, 9.17) is 9.47 Å². The van der Waals surface area contributed by atoms with E-state index < -0.39 is 29.4 Å². The first-order valence-corrected chi connectivity index (χ1v) is 12.6. The van der Waals surface area contributed by atoms with E-state index >= 15 is 0 Å². The molecule has 206 valence electrons. The number of aliphatic hydroxyl groups excluding tert-OH is 1. The molecule has 0 aromatic rings. The Morgan fingerprint density at radius 3 is 2.46 bits per heavy atom. The van der Waals surface area contributed by atoms with Crippen molar-refractivity contribution in [3.05, 3.63) is 59.6 Å². The van der Waals surface area contributed by atoms with E-state index in [1.54, 1.807) is 18.2 Å². The molecule has 1 aliphatic rings. The molecule has 4 atom stereocenters. The normalized spacial score (nSPS) is 19.1. The molecule has 0 bridgehead atoms. The first-order chi connectivity index (χ1) is 17.2. The zero-order valence-electron chi connectivity index (χ0n) is 23.5. The molecule has 3 N–H and O–H groups in total. The number of rotatable bonds is 12. The molecule has 0 radical (unpaired) electrons. The Kier molecular flexibility index (Phi) is 13.1. The highest BCUT2D eigenvalue weighted by atomic mass is 16.6. The third-order valence-electron chi connectivity index (χ3n) is 5.79. The molecule has 37 heavy (non-hydrogen) atoms. The molecule has 0 saturated heterocycles. The van der Waals surface area contributed by atoms with Gasteiger partial charge in [-0.3, -0.25) is 9.59 Å². The van der Waals surface area contributed by atoms with Crippen molar-refractivity contribution in [3.8, 4) is 0 Å². The van der Waals surface area contributed by atoms with Crippen molar-refractivity contribution in [1.29, 1.82) is 0 Å². The maximum absolute atomic E-state index is 12.8. The Balaban J connectivity index is 2.69. The van der Waals surface area contributed by atoms with Gasteiger partial charge in [0.05, 0.1) is 13.2 Å². The summed E-state index contributed by atoms with van der Waals surface area (Å²) >= 11 is 0. The van der Waals surface area contributed by atoms with Crippen LogP contribution in [0.4, 0.5) is 0 Å². The van der Waals surface area contributed by atoms with E-state index in [-0.39, 0.29) is 23.7 Å². The van der Waals surface area contributed by atoms with Gasteiger partial charge >= 0.3 is 5.97 Å². The molecule has 0 fully saturated rings. The van der Waals surface area contributed by atoms with E-state index in [1.165, 1.54) is 19.4 Å². The van der Waals surface area contributed by atoms with Crippen LogP contribution in [-0.4, -0.2) is 48.2 Å². The van der Waals surface area contributed by atoms with Crippen molar-refractivity contribution >= 4 is 17.8 Å². The van der Waals surface area contributed by atoms with Crippen LogP contribution in [0.5, 0.6) is 0 Å². The Labute approximate surface area is 221 Å². The summed E-state index contributed by atoms with van der Waals surface area (Å²) in [6.07, 6.45) is 12.6. The number of aliphatic hydroxyl groups is 1. The van der Waals surface area contributed by atoms with Crippen molar-refractivity contribution in [3.63, 3.8) is 0 Å². The smallest absolute Gasteiger partial charge is 0.373 e. The van der Waals surface area contributed by atoms with E-state index in [9.17, 15) is 19.5 Å². The summed E-state index contributed by atoms with van der Waals surface area (Å²) in [7, 11) is 1.43. The van der Waals surface area contributed by atoms with Crippen LogP contribution in [0.1, 0.15) is 67.7 Å². The van der Waals surface area contributed by atoms with Gasteiger partial charge in [-0.15, -0.1) is 0 Å². The highest BCUT2D eigenvalue weighted by molar-refractivity contribution is 5.93. The number of hydrogen-bond donors (Lipinski definition) is 3. The van der Waals surface area contributed by atoms with Crippen LogP contribution in [0.25, 0.3) is 0 Å². The van der Waals surface area contributed by atoms with Gasteiger partial charge in [0.2, 0.25) is 11.8 Å². The van der Waals surface area contributed by atoms with Crippen LogP contribution in [0.15, 0.2) is 59.6 Å². The van der Waals surface area contributed by atoms with Crippen molar-refractivity contribution in [2.24, 2.45) is 11.3 Å². The summed E-state index contributed by atoms with van der Waals surface area (Å²) in [5.41, 5.74) is 1.44. The number of methoxy groups -OCH3 is 1. The maximum atomic E-state index is 12.8. The number of ether oxygens (including phenoxy) is 2. The molecule has 0 aliphatic carbocycles. The standard InChI is InChI=1S/C29H44N2O6/c1-19(2)11-13-22(32)10-9-17-30-27(34)26(29(5,6)7)31-25(33)16-12-20(3)18-21(4)23-14-15-24(36-8)28(35)37-23/h9,11-12,15-18,21-23,26,32H,10,13-14H2,1-8H3,(H,30,34)(H,31,33)/b16-12-,17-9-,20-18+/t21-,22+,23-,26+/m0/s1. The number of cyclic esters (lactones) is 1. The van der Waals surface area contributed by atoms with Crippen molar-refractivity contribution in [1.82, 2.24) is 10.6 Å². The first-order valence-electron chi connectivity index (χ1n) is 12.6. The molecular weight excluding hydrogens is 472 g/mol. The zero-order chi connectivity index (χ0) is 28.2. The fourth-order valence-corrected chi connectivity index (χ4v) is 3.61. The Bertz CT molecular complexity index is 948. The van der Waals surface area contributed by atoms with E-state index in [0.717, 1.165) is 11.1 Å². The molecule has 1 aliphatic heterocycles. The maximum Gasteiger partial charge on any atom is 0.373 e. The summed E-state index contributed by atoms with van der Waals surface area (Å²) in [4.78, 5) is 37.3. The van der Waals surface area contributed by atoms with Crippen molar-refractivity contribution in [2.75, 3.05) is 7.11 Å². The minimum absolute atomic E-state index is 0.0632. The summed E-state index contributed by atoms with van der Waals surface area (Å²) in [5, 5.41) is 15.5. The summed E-state index contributed by atoms with van der Waals surface area (Å²) in [6.45, 7) is 13.4. The van der Waals surface area contributed by atoms with E-state index in [1.807, 2.05) is 60.6 Å². The predicted molar refractivity (Wildman–Crippen MR) is 145 cm³/mol. The van der Waals surface area contributed by atoms with E-state index in [2.05, 4.69) is 10.6 Å². The number of carbonyl (C=O) groups is 3. The third-order valence-corrected chi connectivity index (χ3v) is 5.79. The monoisotopic (exact) mass is 516 g/mol. The topological polar surface area (TPSA) is 114 Å². The Morgan fingerprint density at radius 1 is 1.22 bits per heavy atom. The average Bonchev–Trinajstić information content (AvgIpc) is 2.81. The molecule has 8 heteroatoms. The number of hydrogen-bond acceptors (Lipinski definition) is 6. The van der Waals surface area contributed by atoms with Gasteiger partial charge in [-0.2, -0.15) is 0 Å². The van der Waals surface area contributed by atoms with Crippen LogP contribution >= 0.6 is 0 Å². The van der Waals surface area contributed by atoms with Gasteiger partial charge in [0.1, 0.15) is 12.1 Å². The number of amides is 2. The highest BCUT2D eigenvalue weighted by Gasteiger charge is 2.32. The molecule has 0 unspecified atom stereocenters. The fourth-order valence-electron chi connectivity index (χ4n) is 3.61. The molecule has 0 aromatic carbocycles. The second-order valence-electron chi connectivity index (χ2n) is 10.7. The average molecular weight is 517 g/mol. The van der Waals surface area contributed by atoms with Gasteiger partial charge in [-0.05, 0) is 51.3 Å². The molecule has 2 amide bonds. The fraction of sp³-hybridized carbons (Fsp3) is 0.552. The second kappa shape index (κ2) is 15.2. The van der Waals surface area contributed by atoms with Gasteiger partial charge in [0, 0.05) is 18.4 Å². The summed E-state index contributed by atoms with van der Waals surface area (Å²) < 4.78 is 10.4. The lowest BCUT2D eigenvalue weighted by Gasteiger charge is -2.29. The van der Waals surface area contributed by atoms with Crippen LogP contribution in [-0.2, 0) is 23.9 Å². The molecule has 8 nitrogen and oxygen atoms in total. The molecule has 0 aromatic heterocycles. The minimum Gasteiger partial charge on any atom is -0.490 e.